The molecule has 2 heterocycles. The van der Waals surface area contributed by atoms with Crippen molar-refractivity contribution in [2.45, 2.75) is 51.2 Å². The van der Waals surface area contributed by atoms with Gasteiger partial charge >= 0.3 is 0 Å². The standard InChI is InChI=1S/C8H14O4/c1-4-5(9)6-7(10-4)12-8(2,3)11-6/h4-7,9H,1-3H3/t4-,5-,6+,7+/m0/s1. The first-order valence-corrected chi connectivity index (χ1v) is 4.19. The Kier molecular flexibility index (Phi) is 1.70. The summed E-state index contributed by atoms with van der Waals surface area (Å²) in [5.74, 6) is -0.629. The predicted octanol–water partition coefficient (Wildman–Crippen LogP) is 0.244. The lowest BCUT2D eigenvalue weighted by molar-refractivity contribution is -0.212. The Morgan fingerprint density at radius 3 is 2.50 bits per heavy atom. The van der Waals surface area contributed by atoms with Crippen molar-refractivity contribution in [3.63, 3.8) is 0 Å². The van der Waals surface area contributed by atoms with Crippen LogP contribution in [-0.4, -0.2) is 35.5 Å². The molecule has 2 saturated heterocycles. The van der Waals surface area contributed by atoms with Gasteiger partial charge in [-0.3, -0.25) is 0 Å². The van der Waals surface area contributed by atoms with Gasteiger partial charge in [-0.1, -0.05) is 0 Å². The minimum Gasteiger partial charge on any atom is -0.387 e. The van der Waals surface area contributed by atoms with E-state index in [-0.39, 0.29) is 12.2 Å². The van der Waals surface area contributed by atoms with Crippen LogP contribution in [0.5, 0.6) is 0 Å². The normalized spacial score (nSPS) is 51.0. The quantitative estimate of drug-likeness (QED) is 0.571. The van der Waals surface area contributed by atoms with Gasteiger partial charge in [-0.2, -0.15) is 0 Å². The molecule has 4 heteroatoms. The Hall–Kier alpha value is -0.160. The van der Waals surface area contributed by atoms with E-state index < -0.39 is 18.2 Å². The highest BCUT2D eigenvalue weighted by Gasteiger charge is 2.52. The summed E-state index contributed by atoms with van der Waals surface area (Å²) in [5.41, 5.74) is 0. The van der Waals surface area contributed by atoms with Crippen LogP contribution in [0, 0.1) is 0 Å². The molecule has 70 valence electrons. The summed E-state index contributed by atoms with van der Waals surface area (Å²) >= 11 is 0. The molecule has 0 aromatic rings. The zero-order chi connectivity index (χ0) is 8.93. The third kappa shape index (κ3) is 1.15. The summed E-state index contributed by atoms with van der Waals surface area (Å²) < 4.78 is 16.2. The Bertz CT molecular complexity index is 191. The van der Waals surface area contributed by atoms with Gasteiger partial charge in [-0.25, -0.2) is 0 Å². The van der Waals surface area contributed by atoms with E-state index >= 15 is 0 Å². The average Bonchev–Trinajstić information content (AvgIpc) is 2.33. The van der Waals surface area contributed by atoms with E-state index in [2.05, 4.69) is 0 Å². The van der Waals surface area contributed by atoms with Gasteiger partial charge in [-0.05, 0) is 20.8 Å². The van der Waals surface area contributed by atoms with Crippen molar-refractivity contribution >= 4 is 0 Å². The third-order valence-corrected chi connectivity index (χ3v) is 2.25. The van der Waals surface area contributed by atoms with Crippen LogP contribution in [0.1, 0.15) is 20.8 Å². The van der Waals surface area contributed by atoms with Gasteiger partial charge in [0.05, 0.1) is 6.10 Å². The molecule has 0 bridgehead atoms. The van der Waals surface area contributed by atoms with Crippen molar-refractivity contribution in [3.05, 3.63) is 0 Å². The lowest BCUT2D eigenvalue weighted by atomic mass is 10.2. The smallest absolute Gasteiger partial charge is 0.190 e. The number of rotatable bonds is 0. The Balaban J connectivity index is 2.11. The van der Waals surface area contributed by atoms with Crippen LogP contribution < -0.4 is 0 Å². The molecule has 0 radical (unpaired) electrons. The molecule has 0 saturated carbocycles. The van der Waals surface area contributed by atoms with Crippen molar-refractivity contribution in [2.24, 2.45) is 0 Å². The molecule has 4 atom stereocenters. The average molecular weight is 174 g/mol. The molecule has 2 fully saturated rings. The number of aliphatic hydroxyl groups excluding tert-OH is 1. The maximum Gasteiger partial charge on any atom is 0.190 e. The Morgan fingerprint density at radius 2 is 1.92 bits per heavy atom. The number of ether oxygens (including phenoxy) is 3. The molecule has 1 N–H and O–H groups in total. The summed E-state index contributed by atoms with van der Waals surface area (Å²) in [7, 11) is 0. The van der Waals surface area contributed by atoms with Gasteiger partial charge in [0.15, 0.2) is 12.1 Å². The van der Waals surface area contributed by atoms with Crippen LogP contribution in [-0.2, 0) is 14.2 Å². The van der Waals surface area contributed by atoms with E-state index in [4.69, 9.17) is 14.2 Å². The molecule has 0 unspecified atom stereocenters. The van der Waals surface area contributed by atoms with Crippen molar-refractivity contribution < 1.29 is 19.3 Å². The summed E-state index contributed by atoms with van der Waals surface area (Å²) in [5, 5.41) is 9.57. The molecular weight excluding hydrogens is 160 g/mol. The van der Waals surface area contributed by atoms with Gasteiger partial charge in [-0.15, -0.1) is 0 Å². The second kappa shape index (κ2) is 2.42. The SMILES string of the molecule is C[C@@H]1O[C@@H]2OC(C)(C)O[C@@H]2[C@H]1O. The van der Waals surface area contributed by atoms with E-state index in [1.807, 2.05) is 20.8 Å². The molecular formula is C8H14O4. The monoisotopic (exact) mass is 174 g/mol. The summed E-state index contributed by atoms with van der Waals surface area (Å²) in [6, 6.07) is 0. The summed E-state index contributed by atoms with van der Waals surface area (Å²) in [6.07, 6.45) is -1.49. The first-order valence-electron chi connectivity index (χ1n) is 4.19. The largest absolute Gasteiger partial charge is 0.387 e. The van der Waals surface area contributed by atoms with E-state index in [1.54, 1.807) is 0 Å². The Morgan fingerprint density at radius 1 is 1.25 bits per heavy atom. The van der Waals surface area contributed by atoms with Gasteiger partial charge in [0, 0.05) is 0 Å². The minimum atomic E-state index is -0.629. The molecule has 0 aliphatic carbocycles. The third-order valence-electron chi connectivity index (χ3n) is 2.25. The van der Waals surface area contributed by atoms with Crippen LogP contribution in [0.15, 0.2) is 0 Å². The molecule has 2 rings (SSSR count). The highest BCUT2D eigenvalue weighted by molar-refractivity contribution is 4.90. The zero-order valence-electron chi connectivity index (χ0n) is 7.48. The summed E-state index contributed by atoms with van der Waals surface area (Å²) in [6.45, 7) is 5.43. The maximum atomic E-state index is 9.57. The van der Waals surface area contributed by atoms with E-state index in [9.17, 15) is 5.11 Å². The number of hydrogen-bond donors (Lipinski definition) is 1. The zero-order valence-corrected chi connectivity index (χ0v) is 7.48. The van der Waals surface area contributed by atoms with Crippen molar-refractivity contribution in [3.8, 4) is 0 Å². The molecule has 0 spiro atoms. The number of aliphatic hydroxyl groups is 1. The van der Waals surface area contributed by atoms with Gasteiger partial charge in [0.25, 0.3) is 0 Å². The van der Waals surface area contributed by atoms with Crippen LogP contribution >= 0.6 is 0 Å². The topological polar surface area (TPSA) is 47.9 Å². The molecule has 0 aromatic heterocycles. The van der Waals surface area contributed by atoms with Crippen LogP contribution in [0.25, 0.3) is 0 Å². The number of fused-ring (bicyclic) bond motifs is 1. The van der Waals surface area contributed by atoms with E-state index in [1.165, 1.54) is 0 Å². The van der Waals surface area contributed by atoms with Crippen LogP contribution in [0.4, 0.5) is 0 Å². The molecule has 2 aliphatic heterocycles. The highest BCUT2D eigenvalue weighted by atomic mass is 16.8. The highest BCUT2D eigenvalue weighted by Crippen LogP contribution is 2.36. The second-order valence-electron chi connectivity index (χ2n) is 3.80. The first-order chi connectivity index (χ1) is 5.49. The van der Waals surface area contributed by atoms with Crippen molar-refractivity contribution in [1.82, 2.24) is 0 Å². The van der Waals surface area contributed by atoms with Gasteiger partial charge in [0.2, 0.25) is 0 Å². The number of hydrogen-bond acceptors (Lipinski definition) is 4. The van der Waals surface area contributed by atoms with Crippen LogP contribution in [0.3, 0.4) is 0 Å². The fourth-order valence-electron chi connectivity index (χ4n) is 1.65. The fraction of sp³-hybridized carbons (Fsp3) is 1.00. The minimum absolute atomic E-state index is 0.198. The summed E-state index contributed by atoms with van der Waals surface area (Å²) in [4.78, 5) is 0. The maximum absolute atomic E-state index is 9.57. The predicted molar refractivity (Wildman–Crippen MR) is 40.4 cm³/mol. The van der Waals surface area contributed by atoms with E-state index in [0.717, 1.165) is 0 Å². The molecule has 12 heavy (non-hydrogen) atoms. The van der Waals surface area contributed by atoms with Crippen molar-refractivity contribution in [1.29, 1.82) is 0 Å². The first kappa shape index (κ1) is 8.44. The molecule has 0 amide bonds. The molecule has 0 aromatic carbocycles. The molecule has 2 aliphatic rings. The Labute approximate surface area is 71.4 Å². The van der Waals surface area contributed by atoms with Gasteiger partial charge in [0.1, 0.15) is 12.2 Å². The van der Waals surface area contributed by atoms with Crippen LogP contribution in [0.2, 0.25) is 0 Å². The fourth-order valence-corrected chi connectivity index (χ4v) is 1.65. The van der Waals surface area contributed by atoms with Gasteiger partial charge < -0.3 is 19.3 Å². The van der Waals surface area contributed by atoms with E-state index in [0.29, 0.717) is 0 Å². The lowest BCUT2D eigenvalue weighted by Gasteiger charge is -2.20. The molecule has 4 nitrogen and oxygen atoms in total. The van der Waals surface area contributed by atoms with Crippen molar-refractivity contribution in [2.75, 3.05) is 0 Å². The lowest BCUT2D eigenvalue weighted by Crippen LogP contribution is -2.33. The second-order valence-corrected chi connectivity index (χ2v) is 3.80.